The molecule has 0 aromatic carbocycles. The van der Waals surface area contributed by atoms with Crippen LogP contribution in [0.15, 0.2) is 21.6 Å². The average Bonchev–Trinajstić information content (AvgIpc) is 2.19. The largest absolute Gasteiger partial charge is 0.460 e. The van der Waals surface area contributed by atoms with Crippen molar-refractivity contribution in [2.45, 2.75) is 11.8 Å². The molecule has 1 heterocycles. The Balaban J connectivity index is 2.50. The smallest absolute Gasteiger partial charge is 0.183 e. The van der Waals surface area contributed by atoms with E-state index in [0.29, 0.717) is 0 Å². The van der Waals surface area contributed by atoms with Crippen LogP contribution >= 0.6 is 11.8 Å². The summed E-state index contributed by atoms with van der Waals surface area (Å²) < 4.78 is 4.72. The molecular weight excluding hydrogens is 120 g/mol. The molecule has 0 atom stereocenters. The zero-order valence-electron chi connectivity index (χ0n) is 4.68. The van der Waals surface area contributed by atoms with E-state index in [9.17, 15) is 0 Å². The summed E-state index contributed by atoms with van der Waals surface area (Å²) in [4.78, 5) is 1.09. The lowest BCUT2D eigenvalue weighted by Gasteiger charge is -1.83. The van der Waals surface area contributed by atoms with Crippen molar-refractivity contribution in [3.05, 3.63) is 18.6 Å². The molecule has 43 valence electrons. The first-order valence-corrected chi connectivity index (χ1v) is 3.50. The summed E-state index contributed by atoms with van der Waals surface area (Å²) in [5, 5.41) is 0. The number of thioether (sulfide) groups is 1. The van der Waals surface area contributed by atoms with E-state index < -0.39 is 0 Å². The van der Waals surface area contributed by atoms with E-state index in [0.717, 1.165) is 10.6 Å². The third kappa shape index (κ3) is 1.30. The fraction of sp³-hybridized carbons (Fsp3) is 0.333. The van der Waals surface area contributed by atoms with Crippen LogP contribution in [0.5, 0.6) is 0 Å². The van der Waals surface area contributed by atoms with E-state index in [1.54, 1.807) is 18.0 Å². The van der Waals surface area contributed by atoms with Crippen LogP contribution in [0.3, 0.4) is 0 Å². The topological polar surface area (TPSA) is 13.1 Å². The Morgan fingerprint density at radius 2 is 2.75 bits per heavy atom. The van der Waals surface area contributed by atoms with E-state index in [2.05, 4.69) is 13.2 Å². The zero-order valence-corrected chi connectivity index (χ0v) is 5.49. The van der Waals surface area contributed by atoms with Gasteiger partial charge in [-0.15, -0.1) is 11.8 Å². The molecule has 0 aliphatic carbocycles. The second-order valence-corrected chi connectivity index (χ2v) is 2.63. The minimum absolute atomic E-state index is 1.08. The van der Waals surface area contributed by atoms with E-state index in [1.165, 1.54) is 0 Å². The highest BCUT2D eigenvalue weighted by atomic mass is 32.2. The standard InChI is InChI=1S/C6H7OS/c1-2-8-6-3-4-7-5-6/h3-4H,2H2,1H3. The maximum absolute atomic E-state index is 4.72. The highest BCUT2D eigenvalue weighted by Crippen LogP contribution is 2.15. The summed E-state index contributed by atoms with van der Waals surface area (Å²) >= 11 is 1.73. The van der Waals surface area contributed by atoms with Gasteiger partial charge in [-0.05, 0) is 11.8 Å². The third-order valence-corrected chi connectivity index (χ3v) is 1.57. The summed E-state index contributed by atoms with van der Waals surface area (Å²) in [6, 6.07) is 1.91. The van der Waals surface area contributed by atoms with Gasteiger partial charge in [-0.25, -0.2) is 0 Å². The van der Waals surface area contributed by atoms with Crippen molar-refractivity contribution in [2.75, 3.05) is 5.75 Å². The molecule has 0 N–H and O–H groups in total. The molecule has 8 heavy (non-hydrogen) atoms. The summed E-state index contributed by atoms with van der Waals surface area (Å²) in [5.74, 6) is 1.08. The van der Waals surface area contributed by atoms with Gasteiger partial charge in [0.25, 0.3) is 0 Å². The van der Waals surface area contributed by atoms with Gasteiger partial charge in [0.2, 0.25) is 0 Å². The molecule has 0 amide bonds. The van der Waals surface area contributed by atoms with Gasteiger partial charge in [0, 0.05) is 0 Å². The minimum atomic E-state index is 1.08. The maximum Gasteiger partial charge on any atom is 0.183 e. The summed E-state index contributed by atoms with van der Waals surface area (Å²) in [6.07, 6.45) is 4.36. The molecule has 1 nitrogen and oxygen atoms in total. The van der Waals surface area contributed by atoms with Gasteiger partial charge in [-0.2, -0.15) is 0 Å². The molecule has 2 heteroatoms. The first kappa shape index (κ1) is 5.76. The second-order valence-electron chi connectivity index (χ2n) is 1.32. The van der Waals surface area contributed by atoms with Crippen molar-refractivity contribution < 1.29 is 4.42 Å². The van der Waals surface area contributed by atoms with Crippen LogP contribution in [0.1, 0.15) is 6.92 Å². The molecule has 0 saturated carbocycles. The zero-order chi connectivity index (χ0) is 5.82. The Morgan fingerprint density at radius 1 is 1.88 bits per heavy atom. The lowest BCUT2D eigenvalue weighted by Crippen LogP contribution is -1.62. The number of hydrogen-bond donors (Lipinski definition) is 0. The summed E-state index contributed by atoms with van der Waals surface area (Å²) in [5.41, 5.74) is 0. The fourth-order valence-corrected chi connectivity index (χ4v) is 1.02. The number of hydrogen-bond acceptors (Lipinski definition) is 2. The van der Waals surface area contributed by atoms with Gasteiger partial charge in [-0.1, -0.05) is 6.92 Å². The Bertz CT molecular complexity index is 134. The molecule has 0 aliphatic heterocycles. The first-order valence-electron chi connectivity index (χ1n) is 2.51. The second kappa shape index (κ2) is 2.82. The van der Waals surface area contributed by atoms with Crippen molar-refractivity contribution in [1.29, 1.82) is 0 Å². The maximum atomic E-state index is 4.72. The van der Waals surface area contributed by atoms with Crippen molar-refractivity contribution in [2.24, 2.45) is 0 Å². The van der Waals surface area contributed by atoms with Gasteiger partial charge >= 0.3 is 0 Å². The van der Waals surface area contributed by atoms with Gasteiger partial charge < -0.3 is 4.42 Å². The van der Waals surface area contributed by atoms with Crippen LogP contribution in [0.2, 0.25) is 0 Å². The lowest BCUT2D eigenvalue weighted by atomic mass is 10.7. The quantitative estimate of drug-likeness (QED) is 0.565. The minimum Gasteiger partial charge on any atom is -0.460 e. The molecule has 0 fully saturated rings. The SMILES string of the molecule is CCSc1[c]occ1. The number of furan rings is 1. The van der Waals surface area contributed by atoms with Gasteiger partial charge in [0.1, 0.15) is 0 Å². The monoisotopic (exact) mass is 127 g/mol. The Labute approximate surface area is 53.1 Å². The Morgan fingerprint density at radius 3 is 3.25 bits per heavy atom. The van der Waals surface area contributed by atoms with E-state index in [4.69, 9.17) is 4.42 Å². The highest BCUT2D eigenvalue weighted by Gasteiger charge is 1.89. The summed E-state index contributed by atoms with van der Waals surface area (Å²) in [7, 11) is 0. The predicted octanol–water partition coefficient (Wildman–Crippen LogP) is 2.19. The molecule has 0 spiro atoms. The van der Waals surface area contributed by atoms with Crippen molar-refractivity contribution in [1.82, 2.24) is 0 Å². The third-order valence-electron chi connectivity index (χ3n) is 0.747. The van der Waals surface area contributed by atoms with Crippen LogP contribution in [-0.4, -0.2) is 5.75 Å². The molecule has 1 rings (SSSR count). The van der Waals surface area contributed by atoms with Crippen LogP contribution in [-0.2, 0) is 0 Å². The Kier molecular flexibility index (Phi) is 2.03. The van der Waals surface area contributed by atoms with E-state index in [1.807, 2.05) is 6.07 Å². The van der Waals surface area contributed by atoms with Gasteiger partial charge in [0.05, 0.1) is 11.2 Å². The normalized spacial score (nSPS) is 9.62. The van der Waals surface area contributed by atoms with Crippen molar-refractivity contribution in [3.8, 4) is 0 Å². The molecule has 1 radical (unpaired) electrons. The molecule has 1 aromatic heterocycles. The number of rotatable bonds is 2. The molecule has 0 saturated heterocycles. The summed E-state index contributed by atoms with van der Waals surface area (Å²) in [6.45, 7) is 2.10. The first-order chi connectivity index (χ1) is 3.93. The highest BCUT2D eigenvalue weighted by molar-refractivity contribution is 7.99. The fourth-order valence-electron chi connectivity index (χ4n) is 0.455. The van der Waals surface area contributed by atoms with Crippen molar-refractivity contribution in [3.63, 3.8) is 0 Å². The molecular formula is C6H7OS. The molecule has 1 aromatic rings. The average molecular weight is 127 g/mol. The van der Waals surface area contributed by atoms with E-state index in [-0.39, 0.29) is 0 Å². The predicted molar refractivity (Wildman–Crippen MR) is 33.9 cm³/mol. The molecule has 0 bridgehead atoms. The van der Waals surface area contributed by atoms with Crippen LogP contribution in [0.4, 0.5) is 0 Å². The Hall–Kier alpha value is -0.370. The van der Waals surface area contributed by atoms with E-state index >= 15 is 0 Å². The molecule has 0 unspecified atom stereocenters. The van der Waals surface area contributed by atoms with Gasteiger partial charge in [0.15, 0.2) is 6.26 Å². The van der Waals surface area contributed by atoms with Crippen molar-refractivity contribution >= 4 is 11.8 Å². The lowest BCUT2D eigenvalue weighted by molar-refractivity contribution is 0.552. The van der Waals surface area contributed by atoms with Crippen LogP contribution < -0.4 is 0 Å². The van der Waals surface area contributed by atoms with Gasteiger partial charge in [-0.3, -0.25) is 0 Å². The van der Waals surface area contributed by atoms with Crippen LogP contribution in [0, 0.1) is 6.26 Å². The van der Waals surface area contributed by atoms with Crippen LogP contribution in [0.25, 0.3) is 0 Å². The molecule has 0 aliphatic rings.